The van der Waals surface area contributed by atoms with Gasteiger partial charge in [-0.15, -0.1) is 11.3 Å². The number of nitrogens with one attached hydrogen (secondary N) is 1. The van der Waals surface area contributed by atoms with Crippen molar-refractivity contribution in [2.75, 3.05) is 7.05 Å². The summed E-state index contributed by atoms with van der Waals surface area (Å²) in [6, 6.07) is 0.371. The standard InChI is InChI=1S/C15H25N3OS/c1-10-5-7-13(8-6-10)18(4)15(19)16-11(2)14-9-20-12(3)17-14/h9-11,13H,5-8H2,1-4H3,(H,16,19)/t10?,11-,13?/m0/s1. The smallest absolute Gasteiger partial charge is 0.317 e. The summed E-state index contributed by atoms with van der Waals surface area (Å²) < 4.78 is 0. The predicted octanol–water partition coefficient (Wildman–Crippen LogP) is 3.73. The third-order valence-corrected chi connectivity index (χ3v) is 5.07. The van der Waals surface area contributed by atoms with Crippen molar-refractivity contribution >= 4 is 17.4 Å². The summed E-state index contributed by atoms with van der Waals surface area (Å²) >= 11 is 1.62. The van der Waals surface area contributed by atoms with E-state index < -0.39 is 0 Å². The van der Waals surface area contributed by atoms with Crippen LogP contribution in [0, 0.1) is 12.8 Å². The number of carbonyl (C=O) groups excluding carboxylic acids is 1. The minimum atomic E-state index is -0.0302. The second-order valence-corrected chi connectivity index (χ2v) is 7.05. The topological polar surface area (TPSA) is 45.2 Å². The Kier molecular flexibility index (Phi) is 5.02. The summed E-state index contributed by atoms with van der Waals surface area (Å²) in [7, 11) is 1.91. The molecule has 1 fully saturated rings. The lowest BCUT2D eigenvalue weighted by molar-refractivity contribution is 0.161. The number of rotatable bonds is 3. The van der Waals surface area contributed by atoms with Gasteiger partial charge in [-0.1, -0.05) is 6.92 Å². The van der Waals surface area contributed by atoms with E-state index in [0.717, 1.165) is 29.5 Å². The molecule has 0 bridgehead atoms. The lowest BCUT2D eigenvalue weighted by Crippen LogP contribution is -2.45. The summed E-state index contributed by atoms with van der Waals surface area (Å²) in [5, 5.41) is 6.10. The van der Waals surface area contributed by atoms with Crippen LogP contribution in [0.2, 0.25) is 0 Å². The molecule has 4 nitrogen and oxygen atoms in total. The Hall–Kier alpha value is -1.10. The monoisotopic (exact) mass is 295 g/mol. The minimum Gasteiger partial charge on any atom is -0.330 e. The molecule has 1 aliphatic carbocycles. The summed E-state index contributed by atoms with van der Waals surface area (Å²) in [5.41, 5.74) is 0.950. The van der Waals surface area contributed by atoms with Crippen molar-refractivity contribution < 1.29 is 4.79 Å². The van der Waals surface area contributed by atoms with Crippen LogP contribution in [0.1, 0.15) is 56.3 Å². The molecule has 1 atom stereocenters. The third-order valence-electron chi connectivity index (χ3n) is 4.27. The molecule has 0 unspecified atom stereocenters. The number of hydrogen-bond acceptors (Lipinski definition) is 3. The molecular formula is C15H25N3OS. The quantitative estimate of drug-likeness (QED) is 0.923. The van der Waals surface area contributed by atoms with Crippen LogP contribution < -0.4 is 5.32 Å². The van der Waals surface area contributed by atoms with Crippen LogP contribution >= 0.6 is 11.3 Å². The first kappa shape index (κ1) is 15.3. The van der Waals surface area contributed by atoms with E-state index in [1.54, 1.807) is 11.3 Å². The maximum atomic E-state index is 12.3. The van der Waals surface area contributed by atoms with Gasteiger partial charge in [-0.25, -0.2) is 9.78 Å². The Bertz CT molecular complexity index is 452. The summed E-state index contributed by atoms with van der Waals surface area (Å²) in [5.74, 6) is 0.805. The Balaban J connectivity index is 1.87. The number of thiazole rings is 1. The normalized spacial score (nSPS) is 24.2. The van der Waals surface area contributed by atoms with E-state index in [4.69, 9.17) is 0 Å². The zero-order chi connectivity index (χ0) is 14.7. The largest absolute Gasteiger partial charge is 0.330 e. The van der Waals surface area contributed by atoms with Crippen LogP contribution in [-0.4, -0.2) is 29.0 Å². The van der Waals surface area contributed by atoms with Gasteiger partial charge < -0.3 is 10.2 Å². The van der Waals surface area contributed by atoms with Gasteiger partial charge in [-0.3, -0.25) is 0 Å². The first-order valence-corrected chi connectivity index (χ1v) is 8.30. The summed E-state index contributed by atoms with van der Waals surface area (Å²) in [6.45, 7) is 6.27. The Morgan fingerprint density at radius 2 is 2.10 bits per heavy atom. The Labute approximate surface area is 125 Å². The molecule has 1 aromatic rings. The van der Waals surface area contributed by atoms with E-state index in [1.165, 1.54) is 12.8 Å². The molecule has 1 heterocycles. The van der Waals surface area contributed by atoms with Crippen LogP contribution in [0.15, 0.2) is 5.38 Å². The van der Waals surface area contributed by atoms with Crippen molar-refractivity contribution in [1.82, 2.24) is 15.2 Å². The molecule has 2 amide bonds. The van der Waals surface area contributed by atoms with Crippen molar-refractivity contribution in [3.63, 3.8) is 0 Å². The van der Waals surface area contributed by atoms with Gasteiger partial charge in [0.1, 0.15) is 0 Å². The van der Waals surface area contributed by atoms with Crippen LogP contribution in [0.4, 0.5) is 4.79 Å². The highest BCUT2D eigenvalue weighted by Crippen LogP contribution is 2.26. The highest BCUT2D eigenvalue weighted by atomic mass is 32.1. The molecule has 0 radical (unpaired) electrons. The van der Waals surface area contributed by atoms with Crippen molar-refractivity contribution in [2.45, 2.75) is 58.5 Å². The second-order valence-electron chi connectivity index (χ2n) is 5.99. The average molecular weight is 295 g/mol. The van der Waals surface area contributed by atoms with Crippen molar-refractivity contribution in [2.24, 2.45) is 5.92 Å². The molecule has 0 saturated heterocycles. The summed E-state index contributed by atoms with van der Waals surface area (Å²) in [6.07, 6.45) is 4.69. The molecule has 0 spiro atoms. The number of carbonyl (C=O) groups is 1. The Morgan fingerprint density at radius 3 is 2.65 bits per heavy atom. The fourth-order valence-corrected chi connectivity index (χ4v) is 3.44. The highest BCUT2D eigenvalue weighted by Gasteiger charge is 2.25. The molecule has 1 aromatic heterocycles. The van der Waals surface area contributed by atoms with E-state index in [0.29, 0.717) is 6.04 Å². The van der Waals surface area contributed by atoms with Crippen LogP contribution in [0.5, 0.6) is 0 Å². The maximum absolute atomic E-state index is 12.3. The molecule has 0 aromatic carbocycles. The maximum Gasteiger partial charge on any atom is 0.317 e. The average Bonchev–Trinajstić information content (AvgIpc) is 2.85. The zero-order valence-corrected chi connectivity index (χ0v) is 13.7. The van der Waals surface area contributed by atoms with Gasteiger partial charge in [-0.2, -0.15) is 0 Å². The predicted molar refractivity (Wildman–Crippen MR) is 83.0 cm³/mol. The van der Waals surface area contributed by atoms with E-state index in [-0.39, 0.29) is 12.1 Å². The van der Waals surface area contributed by atoms with Crippen molar-refractivity contribution in [1.29, 1.82) is 0 Å². The zero-order valence-electron chi connectivity index (χ0n) is 12.8. The number of amides is 2. The number of aromatic nitrogens is 1. The van der Waals surface area contributed by atoms with Crippen molar-refractivity contribution in [3.05, 3.63) is 16.1 Å². The molecule has 5 heteroatoms. The minimum absolute atomic E-state index is 0.0164. The van der Waals surface area contributed by atoms with Crippen LogP contribution in [0.25, 0.3) is 0 Å². The van der Waals surface area contributed by atoms with Gasteiger partial charge >= 0.3 is 6.03 Å². The number of nitrogens with zero attached hydrogens (tertiary/aromatic N) is 2. The second kappa shape index (κ2) is 6.57. The number of urea groups is 1. The third kappa shape index (κ3) is 3.72. The van der Waals surface area contributed by atoms with Gasteiger partial charge in [0, 0.05) is 18.5 Å². The van der Waals surface area contributed by atoms with Gasteiger partial charge in [0.05, 0.1) is 16.7 Å². The van der Waals surface area contributed by atoms with E-state index in [2.05, 4.69) is 17.2 Å². The molecule has 112 valence electrons. The molecule has 2 rings (SSSR count). The summed E-state index contributed by atoms with van der Waals surface area (Å²) in [4.78, 5) is 18.6. The highest BCUT2D eigenvalue weighted by molar-refractivity contribution is 7.09. The van der Waals surface area contributed by atoms with E-state index >= 15 is 0 Å². The molecule has 20 heavy (non-hydrogen) atoms. The molecule has 1 aliphatic rings. The fraction of sp³-hybridized carbons (Fsp3) is 0.733. The number of aryl methyl sites for hydroxylation is 1. The first-order valence-electron chi connectivity index (χ1n) is 7.42. The Morgan fingerprint density at radius 1 is 1.45 bits per heavy atom. The van der Waals surface area contributed by atoms with Crippen molar-refractivity contribution in [3.8, 4) is 0 Å². The van der Waals surface area contributed by atoms with Crippen LogP contribution in [-0.2, 0) is 0 Å². The van der Waals surface area contributed by atoms with Gasteiger partial charge in [0.25, 0.3) is 0 Å². The van der Waals surface area contributed by atoms with Gasteiger partial charge in [0.2, 0.25) is 0 Å². The number of hydrogen-bond donors (Lipinski definition) is 1. The fourth-order valence-electron chi connectivity index (χ4n) is 2.74. The van der Waals surface area contributed by atoms with Gasteiger partial charge in [-0.05, 0) is 45.4 Å². The molecule has 1 N–H and O–H groups in total. The lowest BCUT2D eigenvalue weighted by Gasteiger charge is -2.34. The SMILES string of the molecule is Cc1nc([C@H](C)NC(=O)N(C)C2CCC(C)CC2)cs1. The van der Waals surface area contributed by atoms with E-state index in [1.807, 2.05) is 31.2 Å². The molecule has 0 aliphatic heterocycles. The van der Waals surface area contributed by atoms with Gasteiger partial charge in [0.15, 0.2) is 0 Å². The molecular weight excluding hydrogens is 270 g/mol. The molecule has 1 saturated carbocycles. The first-order chi connectivity index (χ1) is 9.47. The lowest BCUT2D eigenvalue weighted by atomic mass is 9.87. The van der Waals surface area contributed by atoms with Crippen LogP contribution in [0.3, 0.4) is 0 Å². The van der Waals surface area contributed by atoms with E-state index in [9.17, 15) is 4.79 Å².